The van der Waals surface area contributed by atoms with E-state index in [9.17, 15) is 14.0 Å². The molecule has 0 unspecified atom stereocenters. The maximum absolute atomic E-state index is 12.9. The molecule has 1 N–H and O–H groups in total. The number of likely N-dealkylation sites (tertiary alicyclic amines) is 1. The number of amides is 2. The zero-order valence-corrected chi connectivity index (χ0v) is 13.2. The number of hydrogen-bond acceptors (Lipinski definition) is 4. The lowest BCUT2D eigenvalue weighted by Gasteiger charge is -2.16. The number of thiazole rings is 1. The smallest absolute Gasteiger partial charge is 0.231 e. The predicted octanol–water partition coefficient (Wildman–Crippen LogP) is 2.31. The number of carbonyl (C=O) groups excluding carboxylic acids is 2. The van der Waals surface area contributed by atoms with Crippen molar-refractivity contribution < 1.29 is 14.0 Å². The quantitative estimate of drug-likeness (QED) is 0.913. The lowest BCUT2D eigenvalue weighted by Crippen LogP contribution is -2.30. The van der Waals surface area contributed by atoms with Gasteiger partial charge < -0.3 is 10.2 Å². The molecular weight excluding hydrogens is 317 g/mol. The molecular formula is C16H16FN3O2S. The molecule has 1 atom stereocenters. The zero-order chi connectivity index (χ0) is 16.2. The van der Waals surface area contributed by atoms with Crippen LogP contribution in [0.5, 0.6) is 0 Å². The van der Waals surface area contributed by atoms with Gasteiger partial charge in [0.15, 0.2) is 5.13 Å². The van der Waals surface area contributed by atoms with E-state index in [0.717, 1.165) is 5.56 Å². The topological polar surface area (TPSA) is 62.3 Å². The third-order valence-electron chi connectivity index (χ3n) is 3.83. The van der Waals surface area contributed by atoms with Gasteiger partial charge in [-0.05, 0) is 24.1 Å². The minimum atomic E-state index is -0.348. The molecule has 2 aromatic rings. The van der Waals surface area contributed by atoms with E-state index >= 15 is 0 Å². The summed E-state index contributed by atoms with van der Waals surface area (Å²) in [6, 6.07) is 6.24. The van der Waals surface area contributed by atoms with E-state index in [2.05, 4.69) is 10.3 Å². The number of benzene rings is 1. The van der Waals surface area contributed by atoms with E-state index in [-0.39, 0.29) is 30.0 Å². The summed E-state index contributed by atoms with van der Waals surface area (Å²) in [5.41, 5.74) is 0.967. The summed E-state index contributed by atoms with van der Waals surface area (Å²) in [6.45, 7) is 0.947. The predicted molar refractivity (Wildman–Crippen MR) is 85.5 cm³/mol. The van der Waals surface area contributed by atoms with Crippen LogP contribution in [0.2, 0.25) is 0 Å². The summed E-state index contributed by atoms with van der Waals surface area (Å²) >= 11 is 1.35. The summed E-state index contributed by atoms with van der Waals surface area (Å²) < 4.78 is 12.9. The van der Waals surface area contributed by atoms with Gasteiger partial charge in [-0.3, -0.25) is 9.59 Å². The van der Waals surface area contributed by atoms with E-state index in [0.29, 0.717) is 24.6 Å². The first-order chi connectivity index (χ1) is 11.1. The highest BCUT2D eigenvalue weighted by Crippen LogP contribution is 2.21. The Hall–Kier alpha value is -2.28. The molecule has 0 aliphatic carbocycles. The molecule has 1 aliphatic heterocycles. The lowest BCUT2D eigenvalue weighted by molar-refractivity contribution is -0.128. The molecule has 23 heavy (non-hydrogen) atoms. The SMILES string of the molecule is O=C(Nc1nccs1)[C@@H]1CC(=O)N(CCc2ccc(F)cc2)C1. The van der Waals surface area contributed by atoms with Crippen LogP contribution in [0.25, 0.3) is 0 Å². The molecule has 0 saturated carbocycles. The first-order valence-corrected chi connectivity index (χ1v) is 8.22. The highest BCUT2D eigenvalue weighted by atomic mass is 32.1. The number of carbonyl (C=O) groups is 2. The molecule has 2 amide bonds. The molecule has 0 spiro atoms. The number of nitrogens with one attached hydrogen (secondary N) is 1. The van der Waals surface area contributed by atoms with E-state index in [1.54, 1.807) is 28.6 Å². The van der Waals surface area contributed by atoms with Crippen molar-refractivity contribution in [1.29, 1.82) is 0 Å². The van der Waals surface area contributed by atoms with Crippen LogP contribution in [-0.4, -0.2) is 34.8 Å². The molecule has 0 bridgehead atoms. The van der Waals surface area contributed by atoms with Crippen molar-refractivity contribution in [2.75, 3.05) is 18.4 Å². The van der Waals surface area contributed by atoms with Gasteiger partial charge in [-0.1, -0.05) is 12.1 Å². The normalized spacial score (nSPS) is 17.5. The highest BCUT2D eigenvalue weighted by molar-refractivity contribution is 7.13. The van der Waals surface area contributed by atoms with Gasteiger partial charge in [0, 0.05) is 31.1 Å². The largest absolute Gasteiger partial charge is 0.342 e. The Morgan fingerprint density at radius 1 is 1.39 bits per heavy atom. The van der Waals surface area contributed by atoms with Crippen molar-refractivity contribution in [3.05, 3.63) is 47.2 Å². The van der Waals surface area contributed by atoms with Gasteiger partial charge >= 0.3 is 0 Å². The lowest BCUT2D eigenvalue weighted by atomic mass is 10.1. The number of aromatic nitrogens is 1. The number of rotatable bonds is 5. The molecule has 1 saturated heterocycles. The number of hydrogen-bond donors (Lipinski definition) is 1. The van der Waals surface area contributed by atoms with Crippen molar-refractivity contribution >= 4 is 28.3 Å². The van der Waals surface area contributed by atoms with Crippen LogP contribution in [-0.2, 0) is 16.0 Å². The summed E-state index contributed by atoms with van der Waals surface area (Å²) in [4.78, 5) is 29.9. The van der Waals surface area contributed by atoms with Crippen molar-refractivity contribution in [1.82, 2.24) is 9.88 Å². The second kappa shape index (κ2) is 6.87. The van der Waals surface area contributed by atoms with Crippen LogP contribution >= 0.6 is 11.3 Å². The molecule has 7 heteroatoms. The average Bonchev–Trinajstić information content (AvgIpc) is 3.16. The van der Waals surface area contributed by atoms with E-state index in [1.165, 1.54) is 23.5 Å². The third-order valence-corrected chi connectivity index (χ3v) is 4.52. The summed E-state index contributed by atoms with van der Waals surface area (Å²) in [5.74, 6) is -0.812. The standard InChI is InChI=1S/C16H16FN3O2S/c17-13-3-1-11(2-4-13)5-7-20-10-12(9-14(20)21)15(22)19-16-18-6-8-23-16/h1-4,6,8,12H,5,7,9-10H2,(H,18,19,22)/t12-/m1/s1. The fraction of sp³-hybridized carbons (Fsp3) is 0.312. The zero-order valence-electron chi connectivity index (χ0n) is 12.4. The van der Waals surface area contributed by atoms with Crippen LogP contribution < -0.4 is 5.32 Å². The fourth-order valence-electron chi connectivity index (χ4n) is 2.57. The molecule has 0 radical (unpaired) electrons. The monoisotopic (exact) mass is 333 g/mol. The molecule has 5 nitrogen and oxygen atoms in total. The minimum absolute atomic E-state index is 0.0219. The van der Waals surface area contributed by atoms with Gasteiger partial charge in [0.05, 0.1) is 5.92 Å². The van der Waals surface area contributed by atoms with Crippen LogP contribution in [0, 0.1) is 11.7 Å². The first-order valence-electron chi connectivity index (χ1n) is 7.34. The van der Waals surface area contributed by atoms with Crippen molar-refractivity contribution in [3.8, 4) is 0 Å². The molecule has 1 fully saturated rings. The van der Waals surface area contributed by atoms with Gasteiger partial charge in [-0.15, -0.1) is 11.3 Å². The number of anilines is 1. The van der Waals surface area contributed by atoms with E-state index in [1.807, 2.05) is 0 Å². The van der Waals surface area contributed by atoms with Gasteiger partial charge in [-0.25, -0.2) is 9.37 Å². The Bertz CT molecular complexity index is 688. The number of halogens is 1. The van der Waals surface area contributed by atoms with E-state index < -0.39 is 0 Å². The Labute approximate surface area is 137 Å². The first kappa shape index (κ1) is 15.6. The van der Waals surface area contributed by atoms with Crippen LogP contribution in [0.15, 0.2) is 35.8 Å². The molecule has 3 rings (SSSR count). The van der Waals surface area contributed by atoms with Crippen LogP contribution in [0.1, 0.15) is 12.0 Å². The maximum Gasteiger partial charge on any atom is 0.231 e. The number of nitrogens with zero attached hydrogens (tertiary/aromatic N) is 2. The fourth-order valence-corrected chi connectivity index (χ4v) is 3.10. The maximum atomic E-state index is 12.9. The van der Waals surface area contributed by atoms with Gasteiger partial charge in [0.25, 0.3) is 0 Å². The summed E-state index contributed by atoms with van der Waals surface area (Å²) in [7, 11) is 0. The van der Waals surface area contributed by atoms with Gasteiger partial charge in [-0.2, -0.15) is 0 Å². The van der Waals surface area contributed by atoms with Crippen molar-refractivity contribution in [2.24, 2.45) is 5.92 Å². The molecule has 1 aliphatic rings. The molecule has 1 aromatic heterocycles. The van der Waals surface area contributed by atoms with E-state index in [4.69, 9.17) is 0 Å². The highest BCUT2D eigenvalue weighted by Gasteiger charge is 2.34. The Balaban J connectivity index is 1.52. The Morgan fingerprint density at radius 3 is 2.87 bits per heavy atom. The minimum Gasteiger partial charge on any atom is -0.342 e. The van der Waals surface area contributed by atoms with Gasteiger partial charge in [0.1, 0.15) is 5.82 Å². The Kier molecular flexibility index (Phi) is 4.66. The second-order valence-corrected chi connectivity index (χ2v) is 6.34. The molecule has 1 aromatic carbocycles. The van der Waals surface area contributed by atoms with Crippen LogP contribution in [0.3, 0.4) is 0 Å². The van der Waals surface area contributed by atoms with Gasteiger partial charge in [0.2, 0.25) is 11.8 Å². The van der Waals surface area contributed by atoms with Crippen LogP contribution in [0.4, 0.5) is 9.52 Å². The summed E-state index contributed by atoms with van der Waals surface area (Å²) in [6.07, 6.45) is 2.49. The average molecular weight is 333 g/mol. The van der Waals surface area contributed by atoms with Crippen molar-refractivity contribution in [3.63, 3.8) is 0 Å². The Morgan fingerprint density at radius 2 is 2.17 bits per heavy atom. The molecule has 2 heterocycles. The second-order valence-electron chi connectivity index (χ2n) is 5.44. The summed E-state index contributed by atoms with van der Waals surface area (Å²) in [5, 5.41) is 5.06. The van der Waals surface area contributed by atoms with Crippen molar-refractivity contribution in [2.45, 2.75) is 12.8 Å². The molecule has 120 valence electrons. The third kappa shape index (κ3) is 3.92.